The van der Waals surface area contributed by atoms with Gasteiger partial charge in [0.2, 0.25) is 5.76 Å². The first-order valence-electron chi connectivity index (χ1n) is 9.76. The van der Waals surface area contributed by atoms with E-state index in [1.165, 1.54) is 0 Å². The normalized spacial score (nSPS) is 16.0. The Morgan fingerprint density at radius 2 is 1.87 bits per heavy atom. The van der Waals surface area contributed by atoms with E-state index in [0.29, 0.717) is 28.1 Å². The van der Waals surface area contributed by atoms with Crippen molar-refractivity contribution < 1.29 is 9.21 Å². The summed E-state index contributed by atoms with van der Waals surface area (Å²) in [7, 11) is 4.00. The fourth-order valence-electron chi connectivity index (χ4n) is 3.91. The summed E-state index contributed by atoms with van der Waals surface area (Å²) in [5.74, 6) is -0.102. The van der Waals surface area contributed by atoms with Gasteiger partial charge in [0.05, 0.1) is 17.0 Å². The van der Waals surface area contributed by atoms with E-state index >= 15 is 0 Å². The van der Waals surface area contributed by atoms with Gasteiger partial charge in [-0.15, -0.1) is 11.8 Å². The molecule has 30 heavy (non-hydrogen) atoms. The van der Waals surface area contributed by atoms with Gasteiger partial charge < -0.3 is 14.2 Å². The molecule has 2 heterocycles. The predicted octanol–water partition coefficient (Wildman–Crippen LogP) is 4.67. The van der Waals surface area contributed by atoms with Gasteiger partial charge in [-0.05, 0) is 69.2 Å². The first-order chi connectivity index (χ1) is 14.4. The Kier molecular flexibility index (Phi) is 5.91. The summed E-state index contributed by atoms with van der Waals surface area (Å²) >= 11 is 7.77. The van der Waals surface area contributed by atoms with Crippen LogP contribution in [0.15, 0.2) is 56.6 Å². The molecule has 5 nitrogen and oxygen atoms in total. The molecule has 0 aliphatic carbocycles. The second-order valence-electron chi connectivity index (χ2n) is 7.65. The van der Waals surface area contributed by atoms with Gasteiger partial charge in [0.1, 0.15) is 5.58 Å². The van der Waals surface area contributed by atoms with Crippen LogP contribution in [0.2, 0.25) is 5.02 Å². The van der Waals surface area contributed by atoms with Crippen LogP contribution in [0.4, 0.5) is 0 Å². The van der Waals surface area contributed by atoms with Crippen LogP contribution in [0, 0.1) is 0 Å². The lowest BCUT2D eigenvalue weighted by Crippen LogP contribution is -2.32. The molecule has 1 amide bonds. The third-order valence-electron chi connectivity index (χ3n) is 5.36. The van der Waals surface area contributed by atoms with Crippen LogP contribution in [-0.4, -0.2) is 49.1 Å². The molecular formula is C23H23ClN2O3S. The molecule has 0 saturated carbocycles. The summed E-state index contributed by atoms with van der Waals surface area (Å²) in [5.41, 5.74) is 1.48. The van der Waals surface area contributed by atoms with Gasteiger partial charge >= 0.3 is 0 Å². The number of nitrogens with zero attached hydrogens (tertiary/aromatic N) is 2. The fourth-order valence-corrected chi connectivity index (χ4v) is 4.49. The molecule has 7 heteroatoms. The maximum Gasteiger partial charge on any atom is 0.290 e. The van der Waals surface area contributed by atoms with Gasteiger partial charge in [-0.1, -0.05) is 23.7 Å². The summed E-state index contributed by atoms with van der Waals surface area (Å²) < 4.78 is 5.94. The maximum absolute atomic E-state index is 13.4. The highest BCUT2D eigenvalue weighted by Gasteiger charge is 2.42. The number of rotatable bonds is 6. The van der Waals surface area contributed by atoms with Crippen molar-refractivity contribution in [1.82, 2.24) is 9.80 Å². The highest BCUT2D eigenvalue weighted by atomic mass is 35.5. The molecule has 0 bridgehead atoms. The molecule has 0 fully saturated rings. The standard InChI is InChI=1S/C23H23ClN2O3S/c1-25(2)11-4-12-26-20(14-5-8-16(30-3)9-6-14)19-21(27)17-13-15(24)7-10-18(17)29-22(19)23(26)28/h5-10,13,20H,4,11-12H2,1-3H3/t20-/m1/s1. The van der Waals surface area contributed by atoms with Gasteiger partial charge in [-0.25, -0.2) is 0 Å². The highest BCUT2D eigenvalue weighted by Crippen LogP contribution is 2.38. The molecule has 0 unspecified atom stereocenters. The summed E-state index contributed by atoms with van der Waals surface area (Å²) in [6, 6.07) is 12.4. The zero-order valence-electron chi connectivity index (χ0n) is 17.1. The zero-order valence-corrected chi connectivity index (χ0v) is 18.7. The number of benzene rings is 2. The number of hydrogen-bond acceptors (Lipinski definition) is 5. The van der Waals surface area contributed by atoms with Crippen molar-refractivity contribution in [3.05, 3.63) is 74.6 Å². The Labute approximate surface area is 184 Å². The molecular weight excluding hydrogens is 420 g/mol. The molecule has 4 rings (SSSR count). The molecule has 1 aliphatic rings. The van der Waals surface area contributed by atoms with Crippen LogP contribution in [-0.2, 0) is 0 Å². The average Bonchev–Trinajstić information content (AvgIpc) is 3.01. The third kappa shape index (κ3) is 3.75. The van der Waals surface area contributed by atoms with Gasteiger partial charge in [0.15, 0.2) is 5.43 Å². The monoisotopic (exact) mass is 442 g/mol. The van der Waals surface area contributed by atoms with E-state index in [-0.39, 0.29) is 17.1 Å². The number of thioether (sulfide) groups is 1. The van der Waals surface area contributed by atoms with Gasteiger partial charge in [-0.3, -0.25) is 9.59 Å². The molecule has 3 aromatic rings. The minimum Gasteiger partial charge on any atom is -0.450 e. The van der Waals surface area contributed by atoms with Gasteiger partial charge in [0.25, 0.3) is 5.91 Å². The first-order valence-corrected chi connectivity index (χ1v) is 11.4. The van der Waals surface area contributed by atoms with Crippen molar-refractivity contribution in [1.29, 1.82) is 0 Å². The Morgan fingerprint density at radius 1 is 1.13 bits per heavy atom. The molecule has 2 aromatic carbocycles. The van der Waals surface area contributed by atoms with Gasteiger partial charge in [0, 0.05) is 16.5 Å². The van der Waals surface area contributed by atoms with E-state index in [0.717, 1.165) is 23.4 Å². The topological polar surface area (TPSA) is 53.8 Å². The molecule has 0 radical (unpaired) electrons. The lowest BCUT2D eigenvalue weighted by Gasteiger charge is -2.26. The summed E-state index contributed by atoms with van der Waals surface area (Å²) in [6.45, 7) is 1.38. The van der Waals surface area contributed by atoms with Crippen molar-refractivity contribution in [3.8, 4) is 0 Å². The number of fused-ring (bicyclic) bond motifs is 2. The van der Waals surface area contributed by atoms with Crippen LogP contribution >= 0.6 is 23.4 Å². The predicted molar refractivity (Wildman–Crippen MR) is 122 cm³/mol. The Morgan fingerprint density at radius 3 is 2.53 bits per heavy atom. The fraction of sp³-hybridized carbons (Fsp3) is 0.304. The second-order valence-corrected chi connectivity index (χ2v) is 8.96. The number of carbonyl (C=O) groups is 1. The third-order valence-corrected chi connectivity index (χ3v) is 6.34. The quantitative estimate of drug-likeness (QED) is 0.519. The molecule has 0 spiro atoms. The summed E-state index contributed by atoms with van der Waals surface area (Å²) in [6.07, 6.45) is 2.81. The largest absolute Gasteiger partial charge is 0.450 e. The number of hydrogen-bond donors (Lipinski definition) is 0. The van der Waals surface area contributed by atoms with E-state index < -0.39 is 6.04 Å². The average molecular weight is 443 g/mol. The first kappa shape index (κ1) is 21.0. The van der Waals surface area contributed by atoms with E-state index in [9.17, 15) is 9.59 Å². The molecule has 156 valence electrons. The minimum absolute atomic E-state index is 0.138. The summed E-state index contributed by atoms with van der Waals surface area (Å²) in [5, 5.41) is 0.859. The highest BCUT2D eigenvalue weighted by molar-refractivity contribution is 7.98. The van der Waals surface area contributed by atoms with Crippen molar-refractivity contribution in [2.24, 2.45) is 0 Å². The SMILES string of the molecule is CSc1ccc([C@@H]2c3c(oc4ccc(Cl)cc4c3=O)C(=O)N2CCCN(C)C)cc1. The summed E-state index contributed by atoms with van der Waals surface area (Å²) in [4.78, 5) is 31.7. The van der Waals surface area contributed by atoms with E-state index in [2.05, 4.69) is 4.90 Å². The Balaban J connectivity index is 1.86. The number of halogens is 1. The van der Waals surface area contributed by atoms with Crippen LogP contribution in [0.3, 0.4) is 0 Å². The van der Waals surface area contributed by atoms with Crippen LogP contribution in [0.1, 0.15) is 34.1 Å². The lowest BCUT2D eigenvalue weighted by molar-refractivity contribution is 0.0722. The van der Waals surface area contributed by atoms with Crippen LogP contribution < -0.4 is 5.43 Å². The van der Waals surface area contributed by atoms with Gasteiger partial charge in [-0.2, -0.15) is 0 Å². The maximum atomic E-state index is 13.4. The molecule has 1 aliphatic heterocycles. The van der Waals surface area contributed by atoms with Crippen molar-refractivity contribution in [2.75, 3.05) is 33.4 Å². The van der Waals surface area contributed by atoms with E-state index in [1.54, 1.807) is 34.9 Å². The van der Waals surface area contributed by atoms with E-state index in [1.807, 2.05) is 44.6 Å². The number of amides is 1. The molecule has 1 aromatic heterocycles. The van der Waals surface area contributed by atoms with E-state index in [4.69, 9.17) is 16.0 Å². The van der Waals surface area contributed by atoms with Crippen LogP contribution in [0.25, 0.3) is 11.0 Å². The second kappa shape index (κ2) is 8.46. The zero-order chi connectivity index (χ0) is 21.4. The smallest absolute Gasteiger partial charge is 0.290 e. The minimum atomic E-state index is -0.467. The number of carbonyl (C=O) groups excluding carboxylic acids is 1. The van der Waals surface area contributed by atoms with Crippen molar-refractivity contribution in [2.45, 2.75) is 17.4 Å². The van der Waals surface area contributed by atoms with Crippen LogP contribution in [0.5, 0.6) is 0 Å². The molecule has 0 saturated heterocycles. The molecule has 1 atom stereocenters. The Bertz CT molecular complexity index is 1160. The lowest BCUT2D eigenvalue weighted by atomic mass is 9.98. The van der Waals surface area contributed by atoms with Crippen molar-refractivity contribution in [3.63, 3.8) is 0 Å². The van der Waals surface area contributed by atoms with Crippen molar-refractivity contribution >= 4 is 40.2 Å². The molecule has 0 N–H and O–H groups in total. The Hall–Kier alpha value is -2.28.